The van der Waals surface area contributed by atoms with Gasteiger partial charge < -0.3 is 9.64 Å². The molecule has 0 spiro atoms. The Labute approximate surface area is 183 Å². The molecular formula is C21H18ClN3O2S2. The zero-order chi connectivity index (χ0) is 20.5. The smallest absolute Gasteiger partial charge is 0.269 e. The molecule has 4 rings (SSSR count). The number of halogens is 1. The topological polar surface area (TPSA) is 45.1 Å². The van der Waals surface area contributed by atoms with Crippen LogP contribution in [-0.4, -0.2) is 36.7 Å². The zero-order valence-electron chi connectivity index (χ0n) is 15.9. The third-order valence-electron chi connectivity index (χ3n) is 4.46. The molecule has 2 aliphatic heterocycles. The Kier molecular flexibility index (Phi) is 5.63. The number of ether oxygens (including phenoxy) is 1. The van der Waals surface area contributed by atoms with E-state index in [9.17, 15) is 4.79 Å². The highest BCUT2D eigenvalue weighted by Crippen LogP contribution is 2.51. The Morgan fingerprint density at radius 2 is 1.97 bits per heavy atom. The minimum atomic E-state index is -0.0725. The molecule has 5 nitrogen and oxygen atoms in total. The maximum atomic E-state index is 13.2. The van der Waals surface area contributed by atoms with Gasteiger partial charge in [-0.2, -0.15) is 0 Å². The molecule has 1 saturated heterocycles. The summed E-state index contributed by atoms with van der Waals surface area (Å²) in [7, 11) is 3.60. The highest BCUT2D eigenvalue weighted by Gasteiger charge is 2.38. The Morgan fingerprint density at radius 3 is 2.66 bits per heavy atom. The predicted octanol–water partition coefficient (Wildman–Crippen LogP) is 5.51. The molecule has 1 amide bonds. The zero-order valence-corrected chi connectivity index (χ0v) is 18.3. The monoisotopic (exact) mass is 443 g/mol. The van der Waals surface area contributed by atoms with Crippen molar-refractivity contribution in [3.05, 3.63) is 70.1 Å². The number of anilines is 1. The van der Waals surface area contributed by atoms with Gasteiger partial charge in [0.25, 0.3) is 5.91 Å². The Balaban J connectivity index is 1.72. The number of aliphatic imine (C=N–C) groups is 1. The minimum Gasteiger partial charge on any atom is -0.497 e. The Hall–Kier alpha value is -2.35. The lowest BCUT2D eigenvalue weighted by atomic mass is 10.3. The predicted molar refractivity (Wildman–Crippen MR) is 122 cm³/mol. The van der Waals surface area contributed by atoms with Crippen LogP contribution in [0, 0.1) is 0 Å². The molecule has 1 fully saturated rings. The third-order valence-corrected chi connectivity index (χ3v) is 7.14. The van der Waals surface area contributed by atoms with Crippen LogP contribution in [-0.2, 0) is 4.79 Å². The van der Waals surface area contributed by atoms with Crippen molar-refractivity contribution >= 4 is 57.6 Å². The second-order valence-corrected chi connectivity index (χ2v) is 8.75. The van der Waals surface area contributed by atoms with Crippen LogP contribution in [0.4, 0.5) is 11.4 Å². The molecule has 0 aromatic heterocycles. The standard InChI is InChI=1S/C21H18ClN3O2S2/c1-4-11-25-19(26)18(29-21(25)23-14-7-5-13(22)6-8-14)20-24(2)16-12-15(27-3)9-10-17(16)28-20/h4-10,12H,1,11H2,2-3H3. The van der Waals surface area contributed by atoms with Gasteiger partial charge in [0, 0.05) is 29.6 Å². The van der Waals surface area contributed by atoms with Crippen molar-refractivity contribution in [1.29, 1.82) is 0 Å². The largest absolute Gasteiger partial charge is 0.497 e. The summed E-state index contributed by atoms with van der Waals surface area (Å²) in [5, 5.41) is 2.16. The van der Waals surface area contributed by atoms with E-state index in [2.05, 4.69) is 11.6 Å². The fourth-order valence-electron chi connectivity index (χ4n) is 2.99. The van der Waals surface area contributed by atoms with E-state index in [-0.39, 0.29) is 5.91 Å². The average Bonchev–Trinajstić information content (AvgIpc) is 3.21. The van der Waals surface area contributed by atoms with E-state index in [1.54, 1.807) is 42.0 Å². The summed E-state index contributed by atoms with van der Waals surface area (Å²) in [5.41, 5.74) is 1.76. The third kappa shape index (κ3) is 3.77. The number of amidine groups is 1. The lowest BCUT2D eigenvalue weighted by molar-refractivity contribution is -0.121. The van der Waals surface area contributed by atoms with Crippen molar-refractivity contribution in [2.75, 3.05) is 25.6 Å². The van der Waals surface area contributed by atoms with Gasteiger partial charge in [-0.3, -0.25) is 9.69 Å². The van der Waals surface area contributed by atoms with E-state index in [0.29, 0.717) is 21.6 Å². The fraction of sp³-hybridized carbons (Fsp3) is 0.143. The molecule has 148 valence electrons. The van der Waals surface area contributed by atoms with E-state index in [4.69, 9.17) is 16.3 Å². The molecule has 0 aliphatic carbocycles. The maximum absolute atomic E-state index is 13.2. The molecular weight excluding hydrogens is 426 g/mol. The van der Waals surface area contributed by atoms with Crippen LogP contribution in [0.3, 0.4) is 0 Å². The lowest BCUT2D eigenvalue weighted by Crippen LogP contribution is -2.29. The molecule has 2 heterocycles. The number of nitrogens with zero attached hydrogens (tertiary/aromatic N) is 3. The molecule has 29 heavy (non-hydrogen) atoms. The number of methoxy groups -OCH3 is 1. The number of hydrogen-bond donors (Lipinski definition) is 0. The van der Waals surface area contributed by atoms with E-state index < -0.39 is 0 Å². The molecule has 2 aromatic carbocycles. The summed E-state index contributed by atoms with van der Waals surface area (Å²) in [6.45, 7) is 4.17. The van der Waals surface area contributed by atoms with Gasteiger partial charge in [-0.05, 0) is 48.2 Å². The van der Waals surface area contributed by atoms with Gasteiger partial charge in [0.15, 0.2) is 5.17 Å². The minimum absolute atomic E-state index is 0.0725. The molecule has 8 heteroatoms. The first kappa shape index (κ1) is 19.9. The van der Waals surface area contributed by atoms with E-state index in [1.165, 1.54) is 11.8 Å². The lowest BCUT2D eigenvalue weighted by Gasteiger charge is -2.15. The number of amides is 1. The van der Waals surface area contributed by atoms with E-state index in [1.807, 2.05) is 42.3 Å². The molecule has 2 aliphatic rings. The quantitative estimate of drug-likeness (QED) is 0.460. The summed E-state index contributed by atoms with van der Waals surface area (Å²) in [6, 6.07) is 13.1. The van der Waals surface area contributed by atoms with Crippen molar-refractivity contribution in [3.8, 4) is 5.75 Å². The first-order valence-electron chi connectivity index (χ1n) is 8.80. The molecule has 2 aromatic rings. The summed E-state index contributed by atoms with van der Waals surface area (Å²) in [4.78, 5) is 23.3. The van der Waals surface area contributed by atoms with E-state index >= 15 is 0 Å². The van der Waals surface area contributed by atoms with Crippen LogP contribution in [0.5, 0.6) is 5.75 Å². The number of rotatable bonds is 4. The second-order valence-electron chi connectivity index (χ2n) is 6.31. The van der Waals surface area contributed by atoms with Gasteiger partial charge in [-0.25, -0.2) is 4.99 Å². The number of carbonyl (C=O) groups excluding carboxylic acids is 1. The number of benzene rings is 2. The van der Waals surface area contributed by atoms with Crippen molar-refractivity contribution in [2.24, 2.45) is 4.99 Å². The van der Waals surface area contributed by atoms with Crippen LogP contribution >= 0.6 is 35.1 Å². The van der Waals surface area contributed by atoms with Crippen LogP contribution in [0.1, 0.15) is 0 Å². The van der Waals surface area contributed by atoms with Crippen molar-refractivity contribution in [1.82, 2.24) is 4.90 Å². The average molecular weight is 444 g/mol. The summed E-state index contributed by atoms with van der Waals surface area (Å²) in [5.74, 6) is 0.711. The van der Waals surface area contributed by atoms with Crippen molar-refractivity contribution in [3.63, 3.8) is 0 Å². The first-order chi connectivity index (χ1) is 14.0. The summed E-state index contributed by atoms with van der Waals surface area (Å²) >= 11 is 8.92. The molecule has 0 bridgehead atoms. The maximum Gasteiger partial charge on any atom is 0.269 e. The second kappa shape index (κ2) is 8.18. The number of hydrogen-bond acceptors (Lipinski definition) is 6. The molecule has 0 unspecified atom stereocenters. The Bertz CT molecular complexity index is 1050. The fourth-order valence-corrected chi connectivity index (χ4v) is 5.45. The van der Waals surface area contributed by atoms with Gasteiger partial charge >= 0.3 is 0 Å². The van der Waals surface area contributed by atoms with Crippen molar-refractivity contribution in [2.45, 2.75) is 4.90 Å². The first-order valence-corrected chi connectivity index (χ1v) is 10.8. The molecule has 0 saturated carbocycles. The van der Waals surface area contributed by atoms with Crippen LogP contribution in [0.15, 0.2) is 74.9 Å². The van der Waals surface area contributed by atoms with Gasteiger partial charge in [-0.1, -0.05) is 29.4 Å². The number of carbonyl (C=O) groups is 1. The number of fused-ring (bicyclic) bond motifs is 1. The Morgan fingerprint density at radius 1 is 1.21 bits per heavy atom. The molecule has 0 atom stereocenters. The van der Waals surface area contributed by atoms with Gasteiger partial charge in [0.05, 0.1) is 23.5 Å². The van der Waals surface area contributed by atoms with Gasteiger partial charge in [-0.15, -0.1) is 6.58 Å². The molecule has 0 radical (unpaired) electrons. The highest BCUT2D eigenvalue weighted by atomic mass is 35.5. The van der Waals surface area contributed by atoms with Gasteiger partial charge in [0.1, 0.15) is 10.7 Å². The SMILES string of the molecule is C=CCN1C(=O)C(=C2Sc3ccc(OC)cc3N2C)SC1=Nc1ccc(Cl)cc1. The van der Waals surface area contributed by atoms with Crippen LogP contribution in [0.25, 0.3) is 0 Å². The van der Waals surface area contributed by atoms with E-state index in [0.717, 1.165) is 27.0 Å². The normalized spacial score (nSPS) is 19.8. The summed E-state index contributed by atoms with van der Waals surface area (Å²) in [6.07, 6.45) is 1.70. The summed E-state index contributed by atoms with van der Waals surface area (Å²) < 4.78 is 5.34. The van der Waals surface area contributed by atoms with Crippen LogP contribution in [0.2, 0.25) is 5.02 Å². The van der Waals surface area contributed by atoms with Crippen molar-refractivity contribution < 1.29 is 9.53 Å². The number of thioether (sulfide) groups is 2. The highest BCUT2D eigenvalue weighted by molar-refractivity contribution is 8.19. The van der Waals surface area contributed by atoms with Gasteiger partial charge in [0.2, 0.25) is 0 Å². The molecule has 0 N–H and O–H groups in total. The van der Waals surface area contributed by atoms with Crippen LogP contribution < -0.4 is 9.64 Å².